The van der Waals surface area contributed by atoms with Gasteiger partial charge in [0.25, 0.3) is 0 Å². The molecule has 0 amide bonds. The molecular formula is C8H12N2O2. The minimum atomic E-state index is -0.237. The fourth-order valence-corrected chi connectivity index (χ4v) is 1.43. The van der Waals surface area contributed by atoms with Crippen LogP contribution >= 0.6 is 0 Å². The van der Waals surface area contributed by atoms with Gasteiger partial charge in [0.05, 0.1) is 5.71 Å². The Bertz CT molecular complexity index is 244. The van der Waals surface area contributed by atoms with Gasteiger partial charge in [-0.15, -0.1) is 0 Å². The number of ketones is 1. The van der Waals surface area contributed by atoms with Crippen molar-refractivity contribution in [3.63, 3.8) is 0 Å². The van der Waals surface area contributed by atoms with E-state index in [9.17, 15) is 4.79 Å². The van der Waals surface area contributed by atoms with Crippen molar-refractivity contribution >= 4 is 17.2 Å². The molecule has 2 N–H and O–H groups in total. The third kappa shape index (κ3) is 1.52. The summed E-state index contributed by atoms with van der Waals surface area (Å²) in [5, 5.41) is 18.7. The van der Waals surface area contributed by atoms with Crippen LogP contribution < -0.4 is 0 Å². The van der Waals surface area contributed by atoms with E-state index in [0.717, 1.165) is 0 Å². The fourth-order valence-electron chi connectivity index (χ4n) is 1.43. The maximum absolute atomic E-state index is 11.2. The largest absolute Gasteiger partial charge is 0.410 e. The second-order valence-electron chi connectivity index (χ2n) is 3.87. The van der Waals surface area contributed by atoms with Crippen LogP contribution in [0.15, 0.2) is 5.16 Å². The third-order valence-corrected chi connectivity index (χ3v) is 1.94. The van der Waals surface area contributed by atoms with E-state index in [-0.39, 0.29) is 22.6 Å². The molecule has 4 nitrogen and oxygen atoms in total. The molecule has 1 aliphatic carbocycles. The number of nitrogens with zero attached hydrogens (tertiary/aromatic N) is 1. The van der Waals surface area contributed by atoms with Gasteiger partial charge in [-0.2, -0.15) is 0 Å². The number of Topliss-reactive ketones (excluding diaryl/α,β-unsaturated/α-hetero) is 1. The van der Waals surface area contributed by atoms with E-state index in [0.29, 0.717) is 12.8 Å². The Morgan fingerprint density at radius 1 is 1.50 bits per heavy atom. The van der Waals surface area contributed by atoms with Crippen LogP contribution in [0.5, 0.6) is 0 Å². The van der Waals surface area contributed by atoms with Gasteiger partial charge in [-0.3, -0.25) is 4.79 Å². The van der Waals surface area contributed by atoms with Gasteiger partial charge in [-0.05, 0) is 11.8 Å². The first-order chi connectivity index (χ1) is 5.46. The first-order valence-electron chi connectivity index (χ1n) is 3.79. The van der Waals surface area contributed by atoms with E-state index >= 15 is 0 Å². The highest BCUT2D eigenvalue weighted by molar-refractivity contribution is 6.67. The summed E-state index contributed by atoms with van der Waals surface area (Å²) in [6, 6.07) is 0. The van der Waals surface area contributed by atoms with Gasteiger partial charge in [0, 0.05) is 6.42 Å². The van der Waals surface area contributed by atoms with Crippen LogP contribution in [0.2, 0.25) is 0 Å². The average Bonchev–Trinajstić information content (AvgIpc) is 1.82. The molecule has 0 unspecified atom stereocenters. The molecule has 12 heavy (non-hydrogen) atoms. The molecule has 1 fully saturated rings. The zero-order valence-electron chi connectivity index (χ0n) is 7.22. The highest BCUT2D eigenvalue weighted by atomic mass is 16.4. The van der Waals surface area contributed by atoms with E-state index in [1.165, 1.54) is 0 Å². The molecule has 1 aliphatic rings. The number of carbonyl (C=O) groups excluding carboxylic acids is 1. The number of rotatable bonds is 0. The quantitative estimate of drug-likeness (QED) is 0.421. The molecule has 0 aromatic heterocycles. The lowest BCUT2D eigenvalue weighted by molar-refractivity contribution is -0.114. The number of oxime groups is 1. The van der Waals surface area contributed by atoms with Gasteiger partial charge < -0.3 is 10.6 Å². The van der Waals surface area contributed by atoms with E-state index < -0.39 is 0 Å². The van der Waals surface area contributed by atoms with Gasteiger partial charge in [-0.25, -0.2) is 0 Å². The van der Waals surface area contributed by atoms with Crippen LogP contribution in [0.1, 0.15) is 26.7 Å². The molecule has 0 aromatic carbocycles. The van der Waals surface area contributed by atoms with Crippen molar-refractivity contribution in [2.75, 3.05) is 0 Å². The standard InChI is InChI=1S/C8H12N2O2/c1-8(2)3-5(9)7(10-12)6(11)4-8/h9,12H,3-4H2,1-2H3/b9-5?,10-7-. The summed E-state index contributed by atoms with van der Waals surface area (Å²) in [6.07, 6.45) is 0.854. The lowest BCUT2D eigenvalue weighted by atomic mass is 9.75. The maximum atomic E-state index is 11.2. The normalized spacial score (nSPS) is 26.3. The van der Waals surface area contributed by atoms with Crippen molar-refractivity contribution < 1.29 is 10.0 Å². The fraction of sp³-hybridized carbons (Fsp3) is 0.625. The smallest absolute Gasteiger partial charge is 0.186 e. The molecule has 0 bridgehead atoms. The summed E-state index contributed by atoms with van der Waals surface area (Å²) in [7, 11) is 0. The van der Waals surface area contributed by atoms with Crippen molar-refractivity contribution in [1.82, 2.24) is 0 Å². The lowest BCUT2D eigenvalue weighted by Gasteiger charge is -2.28. The van der Waals surface area contributed by atoms with Gasteiger partial charge in [0.2, 0.25) is 0 Å². The first kappa shape index (κ1) is 8.90. The van der Waals surface area contributed by atoms with Crippen molar-refractivity contribution in [1.29, 1.82) is 5.41 Å². The highest BCUT2D eigenvalue weighted by Crippen LogP contribution is 2.30. The molecule has 0 saturated heterocycles. The van der Waals surface area contributed by atoms with Crippen molar-refractivity contribution in [3.05, 3.63) is 0 Å². The Kier molecular flexibility index (Phi) is 2.00. The van der Waals surface area contributed by atoms with Crippen molar-refractivity contribution in [3.8, 4) is 0 Å². The molecule has 1 rings (SSSR count). The zero-order chi connectivity index (χ0) is 9.35. The summed E-state index contributed by atoms with van der Waals surface area (Å²) in [5.74, 6) is -0.237. The summed E-state index contributed by atoms with van der Waals surface area (Å²) >= 11 is 0. The average molecular weight is 168 g/mol. The summed E-state index contributed by atoms with van der Waals surface area (Å²) in [6.45, 7) is 3.85. The Morgan fingerprint density at radius 2 is 2.08 bits per heavy atom. The topological polar surface area (TPSA) is 73.5 Å². The van der Waals surface area contributed by atoms with E-state index in [1.807, 2.05) is 13.8 Å². The van der Waals surface area contributed by atoms with Crippen LogP contribution in [-0.2, 0) is 4.79 Å². The van der Waals surface area contributed by atoms with Crippen molar-refractivity contribution in [2.24, 2.45) is 10.6 Å². The SMILES string of the molecule is CC1(C)CC(=N)/C(=N/O)C(=O)C1. The predicted octanol–water partition coefficient (Wildman–Crippen LogP) is 1.23. The van der Waals surface area contributed by atoms with E-state index in [1.54, 1.807) is 0 Å². The summed E-state index contributed by atoms with van der Waals surface area (Å²) in [4.78, 5) is 11.2. The second kappa shape index (κ2) is 2.69. The molecule has 0 spiro atoms. The number of nitrogens with one attached hydrogen (secondary N) is 1. The van der Waals surface area contributed by atoms with Gasteiger partial charge in [0.1, 0.15) is 0 Å². The van der Waals surface area contributed by atoms with Crippen LogP contribution in [0.3, 0.4) is 0 Å². The minimum Gasteiger partial charge on any atom is -0.410 e. The molecule has 1 saturated carbocycles. The number of carbonyl (C=O) groups is 1. The van der Waals surface area contributed by atoms with Crippen LogP contribution in [-0.4, -0.2) is 22.4 Å². The van der Waals surface area contributed by atoms with E-state index in [4.69, 9.17) is 10.6 Å². The zero-order valence-corrected chi connectivity index (χ0v) is 7.22. The number of hydrogen-bond donors (Lipinski definition) is 2. The molecule has 0 radical (unpaired) electrons. The van der Waals surface area contributed by atoms with Gasteiger partial charge in [0.15, 0.2) is 11.5 Å². The Morgan fingerprint density at radius 3 is 2.50 bits per heavy atom. The van der Waals surface area contributed by atoms with Crippen LogP contribution in [0.4, 0.5) is 0 Å². The summed E-state index contributed by atoms with van der Waals surface area (Å²) < 4.78 is 0. The molecule has 4 heteroatoms. The Labute approximate surface area is 70.8 Å². The van der Waals surface area contributed by atoms with Gasteiger partial charge >= 0.3 is 0 Å². The molecule has 0 atom stereocenters. The minimum absolute atomic E-state index is 0.0747. The number of hydrogen-bond acceptors (Lipinski definition) is 4. The second-order valence-corrected chi connectivity index (χ2v) is 3.87. The lowest BCUT2D eigenvalue weighted by Crippen LogP contribution is -2.37. The highest BCUT2D eigenvalue weighted by Gasteiger charge is 2.34. The van der Waals surface area contributed by atoms with Crippen LogP contribution in [0, 0.1) is 10.8 Å². The maximum Gasteiger partial charge on any atom is 0.186 e. The molecule has 0 heterocycles. The molecule has 0 aliphatic heterocycles. The summed E-state index contributed by atoms with van der Waals surface area (Å²) in [5.41, 5.74) is -0.101. The van der Waals surface area contributed by atoms with E-state index in [2.05, 4.69) is 5.16 Å². The van der Waals surface area contributed by atoms with Crippen LogP contribution in [0.25, 0.3) is 0 Å². The predicted molar refractivity (Wildman–Crippen MR) is 45.0 cm³/mol. The van der Waals surface area contributed by atoms with Gasteiger partial charge in [-0.1, -0.05) is 19.0 Å². The molecule has 0 aromatic rings. The molecule has 66 valence electrons. The first-order valence-corrected chi connectivity index (χ1v) is 3.79. The molecular weight excluding hydrogens is 156 g/mol. The Hall–Kier alpha value is -1.19. The monoisotopic (exact) mass is 168 g/mol. The van der Waals surface area contributed by atoms with Crippen molar-refractivity contribution in [2.45, 2.75) is 26.7 Å². The Balaban J connectivity index is 2.93. The third-order valence-electron chi connectivity index (χ3n) is 1.94.